The van der Waals surface area contributed by atoms with Crippen LogP contribution in [0.1, 0.15) is 73.9 Å². The van der Waals surface area contributed by atoms with Crippen LogP contribution in [0.25, 0.3) is 11.0 Å². The number of rotatable bonds is 14. The van der Waals surface area contributed by atoms with Crippen LogP contribution in [0.15, 0.2) is 78.9 Å². The minimum Gasteiger partial charge on any atom is -0.467 e. The van der Waals surface area contributed by atoms with Crippen molar-refractivity contribution < 1.29 is 4.74 Å². The molecule has 4 aromatic rings. The number of benzene rings is 3. The Morgan fingerprint density at radius 1 is 0.844 bits per heavy atom. The number of aryl methyl sites for hydroxylation is 2. The van der Waals surface area contributed by atoms with Crippen LogP contribution in [0.2, 0.25) is 0 Å². The molecular weight excluding hydrogens is 576 g/mol. The van der Waals surface area contributed by atoms with Gasteiger partial charge in [-0.05, 0) is 126 Å². The smallest absolute Gasteiger partial charge is 0.229 e. The number of piperidine rings is 2. The Balaban J connectivity index is 1.05. The molecular formula is C39H51ClN4O. The summed E-state index contributed by atoms with van der Waals surface area (Å²) in [7, 11) is 0. The number of ether oxygens (including phenoxy) is 1. The average molecular weight is 627 g/mol. The fourth-order valence-corrected chi connectivity index (χ4v) is 7.86. The summed E-state index contributed by atoms with van der Waals surface area (Å²) in [6.45, 7) is 10.6. The first kappa shape index (κ1) is 32.1. The standard InChI is InChI=1S/C39H51ClN4O/c1-31-14-11-21-36-37(31)41-39(38(40)45-35-19-7-3-8-20-35)44(36)26-13-18-33-17-12-25-43(29-33)27-22-34(28-32-15-5-2-6-16-32)30-42-23-9-4-10-24-42/h2-3,5-8,11,14-16,19-21,33-34,38H,4,9-10,12-13,17-18,22-30H2,1H3. The van der Waals surface area contributed by atoms with Gasteiger partial charge in [0.05, 0.1) is 11.0 Å². The molecule has 240 valence electrons. The predicted octanol–water partition coefficient (Wildman–Crippen LogP) is 8.89. The second kappa shape index (κ2) is 16.1. The number of alkyl halides is 1. The Bertz CT molecular complexity index is 1450. The number of imidazole rings is 1. The highest BCUT2D eigenvalue weighted by atomic mass is 35.5. The van der Waals surface area contributed by atoms with Gasteiger partial charge in [-0.3, -0.25) is 0 Å². The van der Waals surface area contributed by atoms with Crippen LogP contribution in [0.3, 0.4) is 0 Å². The van der Waals surface area contributed by atoms with Crippen molar-refractivity contribution in [3.05, 3.63) is 95.8 Å². The zero-order chi connectivity index (χ0) is 30.8. The van der Waals surface area contributed by atoms with Crippen LogP contribution in [0.4, 0.5) is 0 Å². The van der Waals surface area contributed by atoms with E-state index in [9.17, 15) is 0 Å². The minimum absolute atomic E-state index is 0.641. The number of hydrogen-bond acceptors (Lipinski definition) is 4. The summed E-state index contributed by atoms with van der Waals surface area (Å²) in [5.41, 5.74) is 4.19. The van der Waals surface area contributed by atoms with E-state index >= 15 is 0 Å². The first-order valence-corrected chi connectivity index (χ1v) is 17.9. The van der Waals surface area contributed by atoms with E-state index in [1.165, 1.54) is 102 Å². The number of fused-ring (bicyclic) bond motifs is 1. The van der Waals surface area contributed by atoms with Crippen LogP contribution in [0.5, 0.6) is 5.75 Å². The molecule has 0 saturated carbocycles. The van der Waals surface area contributed by atoms with Crippen LogP contribution in [-0.4, -0.2) is 58.6 Å². The van der Waals surface area contributed by atoms with Gasteiger partial charge >= 0.3 is 0 Å². The Hall–Kier alpha value is -2.86. The Morgan fingerprint density at radius 3 is 2.40 bits per heavy atom. The summed E-state index contributed by atoms with van der Waals surface area (Å²) in [5, 5.41) is 0. The van der Waals surface area contributed by atoms with Gasteiger partial charge in [0.25, 0.3) is 0 Å². The van der Waals surface area contributed by atoms with E-state index in [1.807, 2.05) is 30.3 Å². The molecule has 5 nitrogen and oxygen atoms in total. The fraction of sp³-hybridized carbons (Fsp3) is 0.513. The van der Waals surface area contributed by atoms with E-state index in [0.717, 1.165) is 47.4 Å². The second-order valence-corrected chi connectivity index (χ2v) is 13.9. The van der Waals surface area contributed by atoms with Gasteiger partial charge in [-0.15, -0.1) is 0 Å². The highest BCUT2D eigenvalue weighted by Gasteiger charge is 2.24. The fourth-order valence-electron chi connectivity index (χ4n) is 7.59. The van der Waals surface area contributed by atoms with Crippen molar-refractivity contribution in [2.24, 2.45) is 11.8 Å². The maximum Gasteiger partial charge on any atom is 0.229 e. The molecule has 0 amide bonds. The van der Waals surface area contributed by atoms with Crippen molar-refractivity contribution in [1.82, 2.24) is 19.4 Å². The third-order valence-electron chi connectivity index (χ3n) is 9.98. The lowest BCUT2D eigenvalue weighted by Gasteiger charge is -2.35. The summed E-state index contributed by atoms with van der Waals surface area (Å²) in [6.07, 6.45) is 11.6. The quantitative estimate of drug-likeness (QED) is 0.131. The molecule has 3 atom stereocenters. The highest BCUT2D eigenvalue weighted by molar-refractivity contribution is 6.19. The predicted molar refractivity (Wildman–Crippen MR) is 187 cm³/mol. The van der Waals surface area contributed by atoms with E-state index in [-0.39, 0.29) is 0 Å². The van der Waals surface area contributed by atoms with Gasteiger partial charge in [0, 0.05) is 19.6 Å². The molecule has 1 aromatic heterocycles. The Labute approximate surface area is 275 Å². The van der Waals surface area contributed by atoms with Gasteiger partial charge in [-0.2, -0.15) is 0 Å². The first-order valence-electron chi connectivity index (χ1n) is 17.4. The molecule has 3 heterocycles. The van der Waals surface area contributed by atoms with Crippen molar-refractivity contribution in [1.29, 1.82) is 0 Å². The summed E-state index contributed by atoms with van der Waals surface area (Å²) in [6, 6.07) is 27.4. The maximum atomic E-state index is 6.87. The van der Waals surface area contributed by atoms with Gasteiger partial charge in [-0.1, -0.05) is 78.7 Å². The molecule has 45 heavy (non-hydrogen) atoms. The zero-order valence-corrected chi connectivity index (χ0v) is 27.9. The van der Waals surface area contributed by atoms with Crippen LogP contribution >= 0.6 is 11.6 Å². The molecule has 0 N–H and O–H groups in total. The second-order valence-electron chi connectivity index (χ2n) is 13.5. The molecule has 3 unspecified atom stereocenters. The molecule has 6 rings (SSSR count). The number of aromatic nitrogens is 2. The molecule has 2 aliphatic rings. The van der Waals surface area contributed by atoms with E-state index < -0.39 is 5.56 Å². The van der Waals surface area contributed by atoms with E-state index in [1.54, 1.807) is 0 Å². The van der Waals surface area contributed by atoms with Crippen LogP contribution in [-0.2, 0) is 13.0 Å². The molecule has 0 radical (unpaired) electrons. The van der Waals surface area contributed by atoms with Crippen molar-refractivity contribution in [2.75, 3.05) is 39.3 Å². The molecule has 2 fully saturated rings. The molecule has 2 aliphatic heterocycles. The van der Waals surface area contributed by atoms with Gasteiger partial charge in [0.15, 0.2) is 5.82 Å². The van der Waals surface area contributed by atoms with E-state index in [0.29, 0.717) is 0 Å². The van der Waals surface area contributed by atoms with E-state index in [2.05, 4.69) is 69.8 Å². The largest absolute Gasteiger partial charge is 0.467 e. The summed E-state index contributed by atoms with van der Waals surface area (Å²) in [4.78, 5) is 10.5. The number of likely N-dealkylation sites (tertiary alicyclic amines) is 2. The lowest BCUT2D eigenvalue weighted by molar-refractivity contribution is 0.141. The van der Waals surface area contributed by atoms with Crippen molar-refractivity contribution in [3.63, 3.8) is 0 Å². The van der Waals surface area contributed by atoms with Gasteiger partial charge in [0.1, 0.15) is 5.75 Å². The van der Waals surface area contributed by atoms with Crippen molar-refractivity contribution in [2.45, 2.75) is 76.8 Å². The molecule has 2 saturated heterocycles. The van der Waals surface area contributed by atoms with Crippen molar-refractivity contribution in [3.8, 4) is 5.75 Å². The SMILES string of the molecule is Cc1cccc2c1nc(C(Cl)Oc1ccccc1)n2CCCC1CCCN(CCC(Cc2ccccc2)CN2CCCCC2)C1. The highest BCUT2D eigenvalue weighted by Crippen LogP contribution is 2.31. The number of nitrogens with zero attached hydrogens (tertiary/aromatic N) is 4. The third-order valence-corrected chi connectivity index (χ3v) is 10.3. The van der Waals surface area contributed by atoms with Crippen LogP contribution in [0, 0.1) is 18.8 Å². The Morgan fingerprint density at radius 2 is 1.60 bits per heavy atom. The topological polar surface area (TPSA) is 33.5 Å². The minimum atomic E-state index is -0.641. The molecule has 0 spiro atoms. The van der Waals surface area contributed by atoms with Gasteiger partial charge in [0.2, 0.25) is 5.56 Å². The number of halogens is 1. The molecule has 0 aliphatic carbocycles. The monoisotopic (exact) mass is 626 g/mol. The van der Waals surface area contributed by atoms with Gasteiger partial charge < -0.3 is 19.1 Å². The summed E-state index contributed by atoms with van der Waals surface area (Å²) in [5.74, 6) is 3.04. The molecule has 0 bridgehead atoms. The zero-order valence-electron chi connectivity index (χ0n) is 27.1. The Kier molecular flexibility index (Phi) is 11.5. The van der Waals surface area contributed by atoms with Crippen LogP contribution < -0.4 is 4.74 Å². The number of hydrogen-bond donors (Lipinski definition) is 0. The lowest BCUT2D eigenvalue weighted by Crippen LogP contribution is -2.39. The van der Waals surface area contributed by atoms with E-state index in [4.69, 9.17) is 21.3 Å². The number of para-hydroxylation sites is 2. The summed E-state index contributed by atoms with van der Waals surface area (Å²) < 4.78 is 8.43. The maximum absolute atomic E-state index is 6.87. The molecule has 3 aromatic carbocycles. The lowest BCUT2D eigenvalue weighted by atomic mass is 9.91. The third kappa shape index (κ3) is 8.90. The molecule has 6 heteroatoms. The van der Waals surface area contributed by atoms with Gasteiger partial charge in [-0.25, -0.2) is 4.98 Å². The van der Waals surface area contributed by atoms with Crippen molar-refractivity contribution >= 4 is 22.6 Å². The average Bonchev–Trinajstić information content (AvgIpc) is 3.45. The summed E-state index contributed by atoms with van der Waals surface area (Å²) >= 11 is 6.87. The first-order chi connectivity index (χ1) is 22.1. The normalized spacial score (nSPS) is 19.5.